The topological polar surface area (TPSA) is 394 Å². The van der Waals surface area contributed by atoms with Gasteiger partial charge in [-0.15, -0.1) is 0 Å². The van der Waals surface area contributed by atoms with Crippen LogP contribution in [0.15, 0.2) is 0 Å². The van der Waals surface area contributed by atoms with Crippen LogP contribution in [0.5, 0.6) is 0 Å². The highest BCUT2D eigenvalue weighted by Crippen LogP contribution is 2.44. The molecule has 0 radical (unpaired) electrons. The van der Waals surface area contributed by atoms with Crippen LogP contribution in [-0.2, 0) is 143 Å². The summed E-state index contributed by atoms with van der Waals surface area (Å²) in [5.41, 5.74) is -10.8. The predicted molar refractivity (Wildman–Crippen MR) is 415 cm³/mol. The highest BCUT2D eigenvalue weighted by molar-refractivity contribution is 6.03. The molecule has 0 aliphatic rings. The summed E-state index contributed by atoms with van der Waals surface area (Å²) in [4.78, 5) is 207. The van der Waals surface area contributed by atoms with E-state index in [4.69, 9.17) is 71.1 Å². The number of carbonyl (C=O) groups excluding carboxylic acids is 15. The SMILES string of the molecule is CCOC(=O)CCC(CCCCCC(CCCCCC(CCCCCC(CCCCCC(CCCCCC(CCCCCC(C(=O)OCC)C(=O)OCC)(C(=O)OCC)C(=O)OCC)(C(=O)OCC)C(=O)OCC)(C(=O)OCC)C(=O)OCC)(C(=O)OCC)C(=O)OCC)(C(=O)OCC)C(=O)OCC)(C(=O)OCC)C(=O)OCC. The van der Waals surface area contributed by atoms with Gasteiger partial charge in [0.2, 0.25) is 0 Å². The van der Waals surface area contributed by atoms with E-state index in [-0.39, 0.29) is 272 Å². The highest BCUT2D eigenvalue weighted by Gasteiger charge is 2.54. The monoisotopic (exact) mass is 1630 g/mol. The first-order chi connectivity index (χ1) is 54.6. The van der Waals surface area contributed by atoms with Crippen LogP contribution in [0.2, 0.25) is 0 Å². The van der Waals surface area contributed by atoms with E-state index < -0.39 is 128 Å². The summed E-state index contributed by atoms with van der Waals surface area (Å²) in [5, 5.41) is 0. The minimum Gasteiger partial charge on any atom is -0.466 e. The lowest BCUT2D eigenvalue weighted by molar-refractivity contribution is -0.176. The molecule has 0 aromatic rings. The van der Waals surface area contributed by atoms with Crippen molar-refractivity contribution in [2.24, 2.45) is 38.4 Å². The first-order valence-corrected chi connectivity index (χ1v) is 42.1. The van der Waals surface area contributed by atoms with Gasteiger partial charge in [-0.3, -0.25) is 71.9 Å². The van der Waals surface area contributed by atoms with Crippen molar-refractivity contribution in [1.29, 1.82) is 0 Å². The van der Waals surface area contributed by atoms with E-state index >= 15 is 0 Å². The molecule has 0 amide bonds. The number of ether oxygens (including phenoxy) is 15. The first kappa shape index (κ1) is 106. The fourth-order valence-corrected chi connectivity index (χ4v) is 14.4. The zero-order chi connectivity index (χ0) is 86.1. The number of rotatable bonds is 68. The van der Waals surface area contributed by atoms with Crippen molar-refractivity contribution < 1.29 is 143 Å². The van der Waals surface area contributed by atoms with E-state index in [0.717, 1.165) is 0 Å². The molecule has 0 fully saturated rings. The lowest BCUT2D eigenvalue weighted by Gasteiger charge is -2.31. The van der Waals surface area contributed by atoms with Crippen LogP contribution in [0, 0.1) is 38.4 Å². The molecule has 656 valence electrons. The summed E-state index contributed by atoms with van der Waals surface area (Å²) in [5.74, 6) is -12.9. The van der Waals surface area contributed by atoms with Gasteiger partial charge in [0, 0.05) is 6.42 Å². The van der Waals surface area contributed by atoms with Crippen LogP contribution in [0.25, 0.3) is 0 Å². The summed E-state index contributed by atoms with van der Waals surface area (Å²) in [6.07, 6.45) is 3.75. The summed E-state index contributed by atoms with van der Waals surface area (Å²) >= 11 is 0. The van der Waals surface area contributed by atoms with Crippen LogP contribution in [0.4, 0.5) is 0 Å². The van der Waals surface area contributed by atoms with Gasteiger partial charge in [-0.25, -0.2) is 0 Å². The van der Waals surface area contributed by atoms with Crippen molar-refractivity contribution in [3.63, 3.8) is 0 Å². The Bertz CT molecular complexity index is 2790. The third-order valence-electron chi connectivity index (χ3n) is 20.3. The number of unbranched alkanes of at least 4 members (excludes halogenated alkanes) is 12. The number of carbonyl (C=O) groups is 15. The van der Waals surface area contributed by atoms with Crippen LogP contribution in [-0.4, -0.2) is 189 Å². The third kappa shape index (κ3) is 33.3. The van der Waals surface area contributed by atoms with Crippen molar-refractivity contribution >= 4 is 89.5 Å². The number of hydrogen-bond acceptors (Lipinski definition) is 30. The second kappa shape index (κ2) is 59.7. The zero-order valence-corrected chi connectivity index (χ0v) is 71.6. The Hall–Kier alpha value is -7.95. The van der Waals surface area contributed by atoms with Gasteiger partial charge in [0.05, 0.1) is 99.1 Å². The molecule has 0 saturated heterocycles. The molecule has 0 heterocycles. The molecule has 0 atom stereocenters. The maximum absolute atomic E-state index is 14.3. The predicted octanol–water partition coefficient (Wildman–Crippen LogP) is 13.5. The Morgan fingerprint density at radius 2 is 0.316 bits per heavy atom. The van der Waals surface area contributed by atoms with Crippen LogP contribution < -0.4 is 0 Å². The molecule has 30 nitrogen and oxygen atoms in total. The average Bonchev–Trinajstić information content (AvgIpc) is 0.825. The molecule has 0 bridgehead atoms. The van der Waals surface area contributed by atoms with E-state index in [1.165, 1.54) is 0 Å². The fraction of sp³-hybridized carbons (Fsp3) is 0.821. The molecular formula is C84H140O30. The Labute approximate surface area is 676 Å². The molecule has 30 heteroatoms. The van der Waals surface area contributed by atoms with Gasteiger partial charge in [-0.2, -0.15) is 0 Å². The molecule has 0 unspecified atom stereocenters. The van der Waals surface area contributed by atoms with E-state index in [9.17, 15) is 71.9 Å². The van der Waals surface area contributed by atoms with E-state index in [1.807, 2.05) is 0 Å². The van der Waals surface area contributed by atoms with Gasteiger partial charge in [0.15, 0.2) is 38.4 Å². The van der Waals surface area contributed by atoms with E-state index in [0.29, 0.717) is 32.1 Å². The third-order valence-corrected chi connectivity index (χ3v) is 20.3. The van der Waals surface area contributed by atoms with Gasteiger partial charge in [0.1, 0.15) is 0 Å². The van der Waals surface area contributed by atoms with Gasteiger partial charge in [-0.1, -0.05) is 116 Å². The van der Waals surface area contributed by atoms with Crippen molar-refractivity contribution in [3.05, 3.63) is 0 Å². The molecule has 114 heavy (non-hydrogen) atoms. The highest BCUT2D eigenvalue weighted by atomic mass is 16.6. The molecule has 0 spiro atoms. The Kier molecular flexibility index (Phi) is 55.5. The Morgan fingerprint density at radius 1 is 0.175 bits per heavy atom. The molecule has 0 rings (SSSR count). The van der Waals surface area contributed by atoms with Crippen LogP contribution >= 0.6 is 0 Å². The molecule has 0 saturated carbocycles. The lowest BCUT2D eigenvalue weighted by Crippen LogP contribution is -2.43. The lowest BCUT2D eigenvalue weighted by atomic mass is 9.74. The molecule has 0 aliphatic heterocycles. The number of esters is 15. The van der Waals surface area contributed by atoms with Crippen LogP contribution in [0.3, 0.4) is 0 Å². The minimum absolute atomic E-state index is 0.00907. The summed E-state index contributed by atoms with van der Waals surface area (Å²) < 4.78 is 81.6. The van der Waals surface area contributed by atoms with Crippen molar-refractivity contribution in [2.45, 2.75) is 309 Å². The summed E-state index contributed by atoms with van der Waals surface area (Å²) in [6.45, 7) is 23.6. The maximum Gasteiger partial charge on any atom is 0.323 e. The van der Waals surface area contributed by atoms with E-state index in [1.54, 1.807) is 104 Å². The van der Waals surface area contributed by atoms with Gasteiger partial charge in [-0.05, 0) is 187 Å². The standard InChI is InChI=1S/C84H140O30/c1-16-100-64(85)50-62-84(77(98)113-29-14,78(99)114-30-15)61-48-36-47-60-83(75(96)111-27-12,76(97)112-28-13)59-46-35-45-58-82(73(94)109-25-10,74(95)110-26-11)57-44-34-43-56-81(71(92)107-23-8,72(93)108-24-9)55-42-33-41-54-80(69(90)105-21-6,70(91)106-22-7)53-40-32-39-52-79(67(88)103-19-4,68(89)104-20-5)51-38-31-37-49-63(65(86)101-17-2)66(87)102-18-3/h63H,16-62H2,1-15H3. The van der Waals surface area contributed by atoms with E-state index in [2.05, 4.69) is 0 Å². The average molecular weight is 1630 g/mol. The molecule has 0 aliphatic carbocycles. The van der Waals surface area contributed by atoms with Gasteiger partial charge >= 0.3 is 89.5 Å². The Morgan fingerprint density at radius 3 is 0.465 bits per heavy atom. The van der Waals surface area contributed by atoms with Gasteiger partial charge in [0.25, 0.3) is 0 Å². The fourth-order valence-electron chi connectivity index (χ4n) is 14.4. The van der Waals surface area contributed by atoms with Gasteiger partial charge < -0.3 is 71.1 Å². The van der Waals surface area contributed by atoms with Crippen LogP contribution in [0.1, 0.15) is 309 Å². The molecular weight excluding hydrogens is 1490 g/mol. The molecule has 0 N–H and O–H groups in total. The zero-order valence-electron chi connectivity index (χ0n) is 71.6. The minimum atomic E-state index is -1.84. The quantitative estimate of drug-likeness (QED) is 0.0236. The second-order valence-electron chi connectivity index (χ2n) is 27.9. The summed E-state index contributed by atoms with van der Waals surface area (Å²) in [6, 6.07) is 0. The number of hydrogen-bond donors (Lipinski definition) is 0. The smallest absolute Gasteiger partial charge is 0.323 e. The van der Waals surface area contributed by atoms with Crippen molar-refractivity contribution in [3.8, 4) is 0 Å². The first-order valence-electron chi connectivity index (χ1n) is 42.1. The van der Waals surface area contributed by atoms with Crippen molar-refractivity contribution in [1.82, 2.24) is 0 Å². The summed E-state index contributed by atoms with van der Waals surface area (Å²) in [7, 11) is 0. The Balaban J connectivity index is 7.00. The molecule has 0 aromatic carbocycles. The van der Waals surface area contributed by atoms with Crippen molar-refractivity contribution in [2.75, 3.05) is 99.1 Å². The molecule has 0 aromatic heterocycles. The normalized spacial score (nSPS) is 11.8. The largest absolute Gasteiger partial charge is 0.466 e. The maximum atomic E-state index is 14.3. The second-order valence-corrected chi connectivity index (χ2v) is 27.9.